The van der Waals surface area contributed by atoms with Gasteiger partial charge in [0.2, 0.25) is 5.89 Å². The Labute approximate surface area is 182 Å². The SMILES string of the molecule is CCCC(=O)Cc1ccc(N2CCN(C(c3ccccc3)c3ncco3)CC2)c(F)c1. The largest absolute Gasteiger partial charge is 0.447 e. The predicted octanol–water partition coefficient (Wildman–Crippen LogP) is 4.64. The van der Waals surface area contributed by atoms with Crippen molar-refractivity contribution >= 4 is 11.5 Å². The highest BCUT2D eigenvalue weighted by molar-refractivity contribution is 5.80. The highest BCUT2D eigenvalue weighted by atomic mass is 19.1. The molecule has 0 saturated carbocycles. The van der Waals surface area contributed by atoms with Crippen LogP contribution in [0, 0.1) is 5.82 Å². The average Bonchev–Trinajstić information content (AvgIpc) is 3.30. The van der Waals surface area contributed by atoms with Gasteiger partial charge in [-0.05, 0) is 29.7 Å². The van der Waals surface area contributed by atoms with Crippen molar-refractivity contribution in [2.75, 3.05) is 31.1 Å². The number of halogens is 1. The maximum atomic E-state index is 14.8. The lowest BCUT2D eigenvalue weighted by Crippen LogP contribution is -2.48. The van der Waals surface area contributed by atoms with Crippen LogP contribution in [0.4, 0.5) is 10.1 Å². The first-order valence-corrected chi connectivity index (χ1v) is 10.9. The summed E-state index contributed by atoms with van der Waals surface area (Å²) in [6, 6.07) is 15.3. The molecule has 3 aromatic rings. The van der Waals surface area contributed by atoms with Crippen LogP contribution in [0.1, 0.15) is 42.8 Å². The third kappa shape index (κ3) is 5.02. The second-order valence-electron chi connectivity index (χ2n) is 7.96. The number of ketones is 1. The Bertz CT molecular complexity index is 983. The number of anilines is 1. The van der Waals surface area contributed by atoms with Gasteiger partial charge in [0.15, 0.2) is 0 Å². The monoisotopic (exact) mass is 421 g/mol. The van der Waals surface area contributed by atoms with E-state index < -0.39 is 0 Å². The maximum Gasteiger partial charge on any atom is 0.215 e. The summed E-state index contributed by atoms with van der Waals surface area (Å²) in [5.74, 6) is 0.566. The number of Topliss-reactive ketones (excluding diaryl/α,β-unsaturated/α-hetero) is 1. The molecule has 1 aromatic heterocycles. The molecule has 1 aliphatic rings. The standard InChI is InChI=1S/C25H28FN3O2/c1-2-6-21(30)17-19-9-10-23(22(26)18-19)28-12-14-29(15-13-28)24(25-27-11-16-31-25)20-7-4-3-5-8-20/h3-5,7-11,16,18,24H,2,6,12-15,17H2,1H3. The van der Waals surface area contributed by atoms with Crippen LogP contribution in [0.2, 0.25) is 0 Å². The van der Waals surface area contributed by atoms with E-state index in [4.69, 9.17) is 4.42 Å². The molecule has 0 amide bonds. The minimum atomic E-state index is -0.262. The van der Waals surface area contributed by atoms with E-state index in [1.807, 2.05) is 37.3 Å². The van der Waals surface area contributed by atoms with Crippen LogP contribution in [0.5, 0.6) is 0 Å². The van der Waals surface area contributed by atoms with Crippen LogP contribution < -0.4 is 4.90 Å². The lowest BCUT2D eigenvalue weighted by Gasteiger charge is -2.39. The molecule has 31 heavy (non-hydrogen) atoms. The Morgan fingerprint density at radius 3 is 2.55 bits per heavy atom. The molecule has 1 atom stereocenters. The van der Waals surface area contributed by atoms with Crippen LogP contribution >= 0.6 is 0 Å². The number of aromatic nitrogens is 1. The van der Waals surface area contributed by atoms with Gasteiger partial charge in [0, 0.05) is 39.0 Å². The van der Waals surface area contributed by atoms with Crippen LogP contribution in [0.25, 0.3) is 0 Å². The number of hydrogen-bond acceptors (Lipinski definition) is 5. The van der Waals surface area contributed by atoms with Gasteiger partial charge >= 0.3 is 0 Å². The summed E-state index contributed by atoms with van der Waals surface area (Å²) in [5, 5.41) is 0. The van der Waals surface area contributed by atoms with Crippen molar-refractivity contribution < 1.29 is 13.6 Å². The molecule has 0 N–H and O–H groups in total. The van der Waals surface area contributed by atoms with E-state index in [1.165, 1.54) is 6.07 Å². The third-order valence-corrected chi connectivity index (χ3v) is 5.76. The summed E-state index contributed by atoms with van der Waals surface area (Å²) in [6.45, 7) is 4.91. The average molecular weight is 422 g/mol. The maximum absolute atomic E-state index is 14.8. The number of carbonyl (C=O) groups is 1. The van der Waals surface area contributed by atoms with Gasteiger partial charge in [0.25, 0.3) is 0 Å². The molecule has 1 fully saturated rings. The van der Waals surface area contributed by atoms with Crippen LogP contribution in [0.3, 0.4) is 0 Å². The predicted molar refractivity (Wildman–Crippen MR) is 119 cm³/mol. The van der Waals surface area contributed by atoms with Crippen LogP contribution in [-0.2, 0) is 11.2 Å². The van der Waals surface area contributed by atoms with Gasteiger partial charge < -0.3 is 9.32 Å². The first-order valence-electron chi connectivity index (χ1n) is 10.9. The molecule has 0 radical (unpaired) electrons. The number of benzene rings is 2. The third-order valence-electron chi connectivity index (χ3n) is 5.76. The molecule has 1 unspecified atom stereocenters. The van der Waals surface area contributed by atoms with E-state index in [9.17, 15) is 9.18 Å². The summed E-state index contributed by atoms with van der Waals surface area (Å²) in [4.78, 5) is 20.7. The number of hydrogen-bond donors (Lipinski definition) is 0. The Balaban J connectivity index is 1.45. The number of carbonyl (C=O) groups excluding carboxylic acids is 1. The Kier molecular flexibility index (Phi) is 6.77. The fourth-order valence-corrected chi connectivity index (χ4v) is 4.25. The highest BCUT2D eigenvalue weighted by Crippen LogP contribution is 2.30. The molecule has 2 aromatic carbocycles. The van der Waals surface area contributed by atoms with E-state index in [1.54, 1.807) is 12.5 Å². The Hall–Kier alpha value is -2.99. The molecule has 0 bridgehead atoms. The normalized spacial score (nSPS) is 15.7. The van der Waals surface area contributed by atoms with E-state index in [0.717, 1.165) is 30.6 Å². The zero-order valence-corrected chi connectivity index (χ0v) is 17.8. The quantitative estimate of drug-likeness (QED) is 0.530. The minimum absolute atomic E-state index is 0.0600. The molecule has 0 spiro atoms. The number of nitrogens with zero attached hydrogens (tertiary/aromatic N) is 3. The van der Waals surface area contributed by atoms with Crippen molar-refractivity contribution in [3.63, 3.8) is 0 Å². The summed E-state index contributed by atoms with van der Waals surface area (Å²) in [7, 11) is 0. The smallest absolute Gasteiger partial charge is 0.215 e. The van der Waals surface area contributed by atoms with Crippen molar-refractivity contribution in [2.24, 2.45) is 0 Å². The molecular weight excluding hydrogens is 393 g/mol. The molecule has 5 nitrogen and oxygen atoms in total. The molecule has 162 valence electrons. The van der Waals surface area contributed by atoms with E-state index in [-0.39, 0.29) is 17.6 Å². The molecule has 4 rings (SSSR count). The van der Waals surface area contributed by atoms with Gasteiger partial charge in [-0.1, -0.05) is 43.3 Å². The zero-order chi connectivity index (χ0) is 21.6. The van der Waals surface area contributed by atoms with Gasteiger partial charge in [-0.15, -0.1) is 0 Å². The Morgan fingerprint density at radius 2 is 1.90 bits per heavy atom. The summed E-state index contributed by atoms with van der Waals surface area (Å²) >= 11 is 0. The summed E-state index contributed by atoms with van der Waals surface area (Å²) < 4.78 is 20.5. The van der Waals surface area contributed by atoms with Crippen molar-refractivity contribution in [3.8, 4) is 0 Å². The van der Waals surface area contributed by atoms with Crippen LogP contribution in [-0.4, -0.2) is 41.8 Å². The molecule has 2 heterocycles. The number of piperazine rings is 1. The van der Waals surface area contributed by atoms with Gasteiger partial charge in [-0.3, -0.25) is 9.69 Å². The zero-order valence-electron chi connectivity index (χ0n) is 17.8. The van der Waals surface area contributed by atoms with Crippen molar-refractivity contribution in [2.45, 2.75) is 32.2 Å². The second kappa shape index (κ2) is 9.88. The fraction of sp³-hybridized carbons (Fsp3) is 0.360. The summed E-state index contributed by atoms with van der Waals surface area (Å²) in [6.07, 6.45) is 4.93. The van der Waals surface area contributed by atoms with Gasteiger partial charge in [-0.25, -0.2) is 9.37 Å². The lowest BCUT2D eigenvalue weighted by molar-refractivity contribution is -0.118. The van der Waals surface area contributed by atoms with E-state index in [2.05, 4.69) is 26.9 Å². The van der Waals surface area contributed by atoms with E-state index >= 15 is 0 Å². The van der Waals surface area contributed by atoms with E-state index in [0.29, 0.717) is 37.5 Å². The molecule has 6 heteroatoms. The second-order valence-corrected chi connectivity index (χ2v) is 7.96. The number of rotatable bonds is 8. The van der Waals surface area contributed by atoms with Gasteiger partial charge in [0.1, 0.15) is 23.9 Å². The minimum Gasteiger partial charge on any atom is -0.447 e. The first-order chi connectivity index (χ1) is 15.2. The van der Waals surface area contributed by atoms with Crippen LogP contribution in [0.15, 0.2) is 65.4 Å². The molecule has 1 aliphatic heterocycles. The van der Waals surface area contributed by atoms with Crippen molar-refractivity contribution in [3.05, 3.63) is 83.8 Å². The Morgan fingerprint density at radius 1 is 1.13 bits per heavy atom. The van der Waals surface area contributed by atoms with Crippen molar-refractivity contribution in [1.82, 2.24) is 9.88 Å². The van der Waals surface area contributed by atoms with Gasteiger partial charge in [-0.2, -0.15) is 0 Å². The topological polar surface area (TPSA) is 49.6 Å². The molecular formula is C25H28FN3O2. The van der Waals surface area contributed by atoms with Crippen molar-refractivity contribution in [1.29, 1.82) is 0 Å². The highest BCUT2D eigenvalue weighted by Gasteiger charge is 2.30. The fourth-order valence-electron chi connectivity index (χ4n) is 4.25. The first kappa shape index (κ1) is 21.2. The molecule has 0 aliphatic carbocycles. The molecule has 1 saturated heterocycles. The number of oxazole rings is 1. The summed E-state index contributed by atoms with van der Waals surface area (Å²) in [5.41, 5.74) is 2.47. The lowest BCUT2D eigenvalue weighted by atomic mass is 10.0. The van der Waals surface area contributed by atoms with Gasteiger partial charge in [0.05, 0.1) is 11.9 Å².